The Balaban J connectivity index is 1.96. The van der Waals surface area contributed by atoms with Crippen molar-refractivity contribution in [3.63, 3.8) is 0 Å². The van der Waals surface area contributed by atoms with Crippen LogP contribution in [0, 0.1) is 0 Å². The minimum atomic E-state index is -1.05. The number of esters is 1. The zero-order valence-electron chi connectivity index (χ0n) is 11.4. The number of para-hydroxylation sites is 1. The number of carboxylic acids is 1. The average molecular weight is 286 g/mol. The summed E-state index contributed by atoms with van der Waals surface area (Å²) in [4.78, 5) is 22.6. The number of ether oxygens (including phenoxy) is 2. The Morgan fingerprint density at radius 1 is 0.952 bits per heavy atom. The van der Waals surface area contributed by atoms with Gasteiger partial charge >= 0.3 is 11.9 Å². The molecule has 0 bridgehead atoms. The maximum absolute atomic E-state index is 11.9. The van der Waals surface area contributed by atoms with Gasteiger partial charge in [0.15, 0.2) is 0 Å². The van der Waals surface area contributed by atoms with Crippen LogP contribution < -0.4 is 4.74 Å². The second-order valence-corrected chi connectivity index (χ2v) is 4.29. The van der Waals surface area contributed by atoms with Gasteiger partial charge in [0.05, 0.1) is 11.1 Å². The third-order valence-electron chi connectivity index (χ3n) is 2.69. The highest BCUT2D eigenvalue weighted by molar-refractivity contribution is 5.92. The lowest BCUT2D eigenvalue weighted by Crippen LogP contribution is -2.21. The molecule has 0 amide bonds. The van der Waals surface area contributed by atoms with Gasteiger partial charge in [-0.3, -0.25) is 0 Å². The number of rotatable bonds is 5. The van der Waals surface area contributed by atoms with Crippen molar-refractivity contribution >= 4 is 11.9 Å². The Hall–Kier alpha value is -2.82. The molecule has 2 rings (SSSR count). The van der Waals surface area contributed by atoms with Gasteiger partial charge in [-0.15, -0.1) is 0 Å². The molecule has 2 aromatic rings. The van der Waals surface area contributed by atoms with E-state index in [0.717, 1.165) is 0 Å². The van der Waals surface area contributed by atoms with Crippen molar-refractivity contribution in [1.82, 2.24) is 0 Å². The Labute approximate surface area is 121 Å². The molecule has 5 nitrogen and oxygen atoms in total. The zero-order chi connectivity index (χ0) is 15.2. The van der Waals surface area contributed by atoms with Crippen LogP contribution in [0.1, 0.15) is 27.6 Å². The minimum Gasteiger partial charge on any atom is -0.478 e. The molecule has 0 aromatic heterocycles. The molecule has 0 aliphatic carbocycles. The van der Waals surface area contributed by atoms with E-state index in [0.29, 0.717) is 5.75 Å². The molecule has 0 aliphatic rings. The molecule has 0 heterocycles. The smallest absolute Gasteiger partial charge is 0.341 e. The van der Waals surface area contributed by atoms with Crippen molar-refractivity contribution in [2.24, 2.45) is 0 Å². The first-order valence-corrected chi connectivity index (χ1v) is 6.32. The van der Waals surface area contributed by atoms with Gasteiger partial charge in [0.2, 0.25) is 6.29 Å². The van der Waals surface area contributed by atoms with Gasteiger partial charge in [0.25, 0.3) is 0 Å². The third-order valence-corrected chi connectivity index (χ3v) is 2.69. The van der Waals surface area contributed by atoms with E-state index >= 15 is 0 Å². The van der Waals surface area contributed by atoms with Gasteiger partial charge in [0, 0.05) is 6.92 Å². The van der Waals surface area contributed by atoms with Crippen LogP contribution in [0.3, 0.4) is 0 Å². The van der Waals surface area contributed by atoms with Gasteiger partial charge in [-0.2, -0.15) is 0 Å². The Bertz CT molecular complexity index is 619. The number of carbonyl (C=O) groups excluding carboxylic acids is 1. The summed E-state index contributed by atoms with van der Waals surface area (Å²) in [6.45, 7) is 1.61. The van der Waals surface area contributed by atoms with Gasteiger partial charge in [-0.05, 0) is 36.4 Å². The van der Waals surface area contributed by atoms with E-state index in [2.05, 4.69) is 0 Å². The molecule has 0 radical (unpaired) electrons. The zero-order valence-corrected chi connectivity index (χ0v) is 11.4. The fraction of sp³-hybridized carbons (Fsp3) is 0.125. The van der Waals surface area contributed by atoms with Crippen LogP contribution in [0.2, 0.25) is 0 Å². The van der Waals surface area contributed by atoms with E-state index in [9.17, 15) is 9.59 Å². The summed E-state index contributed by atoms with van der Waals surface area (Å²) >= 11 is 0. The van der Waals surface area contributed by atoms with Crippen LogP contribution in [0.4, 0.5) is 0 Å². The minimum absolute atomic E-state index is 0.111. The molecule has 108 valence electrons. The van der Waals surface area contributed by atoms with Crippen molar-refractivity contribution in [2.75, 3.05) is 0 Å². The number of hydrogen-bond acceptors (Lipinski definition) is 4. The molecule has 1 unspecified atom stereocenters. The normalized spacial score (nSPS) is 11.5. The van der Waals surface area contributed by atoms with Gasteiger partial charge in [0.1, 0.15) is 5.75 Å². The summed E-state index contributed by atoms with van der Waals surface area (Å²) in [5, 5.41) is 8.79. The summed E-state index contributed by atoms with van der Waals surface area (Å²) in [5.41, 5.74) is 0.378. The number of hydrogen-bond donors (Lipinski definition) is 1. The second-order valence-electron chi connectivity index (χ2n) is 4.29. The molecule has 1 N–H and O–H groups in total. The monoisotopic (exact) mass is 286 g/mol. The average Bonchev–Trinajstić information content (AvgIpc) is 2.48. The molecule has 0 saturated heterocycles. The summed E-state index contributed by atoms with van der Waals surface area (Å²) in [6.07, 6.45) is -0.751. The summed E-state index contributed by atoms with van der Waals surface area (Å²) < 4.78 is 10.6. The van der Waals surface area contributed by atoms with Crippen molar-refractivity contribution in [2.45, 2.75) is 13.2 Å². The molecule has 0 saturated carbocycles. The number of carboxylic acid groups (broad SMARTS) is 1. The molecule has 0 fully saturated rings. The van der Waals surface area contributed by atoms with E-state index in [4.69, 9.17) is 14.6 Å². The van der Waals surface area contributed by atoms with E-state index in [1.807, 2.05) is 18.2 Å². The quantitative estimate of drug-likeness (QED) is 0.675. The van der Waals surface area contributed by atoms with Crippen LogP contribution in [0.5, 0.6) is 5.75 Å². The van der Waals surface area contributed by atoms with Gasteiger partial charge in [-0.1, -0.05) is 18.2 Å². The highest BCUT2D eigenvalue weighted by atomic mass is 16.7. The number of aromatic carboxylic acids is 1. The first kappa shape index (κ1) is 14.6. The van der Waals surface area contributed by atoms with E-state index < -0.39 is 18.2 Å². The summed E-state index contributed by atoms with van der Waals surface area (Å²) in [7, 11) is 0. The lowest BCUT2D eigenvalue weighted by molar-refractivity contribution is -0.0372. The SMILES string of the molecule is CC(OC(=O)c1ccc(C(=O)O)cc1)Oc1ccccc1. The largest absolute Gasteiger partial charge is 0.478 e. The molecule has 2 aromatic carbocycles. The van der Waals surface area contributed by atoms with Crippen molar-refractivity contribution in [3.05, 3.63) is 65.7 Å². The molecule has 5 heteroatoms. The standard InChI is InChI=1S/C16H14O5/c1-11(20-14-5-3-2-4-6-14)21-16(19)13-9-7-12(8-10-13)15(17)18/h2-11H,1H3,(H,17,18). The summed E-state index contributed by atoms with van der Waals surface area (Å²) in [5.74, 6) is -1.02. The maximum Gasteiger partial charge on any atom is 0.341 e. The van der Waals surface area contributed by atoms with Crippen molar-refractivity contribution in [1.29, 1.82) is 0 Å². The predicted octanol–water partition coefficient (Wildman–Crippen LogP) is 2.97. The molecule has 0 aliphatic heterocycles. The van der Waals surface area contributed by atoms with E-state index in [-0.39, 0.29) is 11.1 Å². The Kier molecular flexibility index (Phi) is 4.56. The predicted molar refractivity (Wildman–Crippen MR) is 75.3 cm³/mol. The van der Waals surface area contributed by atoms with Gasteiger partial charge in [-0.25, -0.2) is 9.59 Å². The lowest BCUT2D eigenvalue weighted by Gasteiger charge is -2.15. The second kappa shape index (κ2) is 6.56. The van der Waals surface area contributed by atoms with Crippen LogP contribution in [-0.4, -0.2) is 23.3 Å². The van der Waals surface area contributed by atoms with Crippen molar-refractivity contribution < 1.29 is 24.2 Å². The van der Waals surface area contributed by atoms with Crippen LogP contribution in [-0.2, 0) is 4.74 Å². The topological polar surface area (TPSA) is 72.8 Å². The fourth-order valence-electron chi connectivity index (χ4n) is 1.68. The van der Waals surface area contributed by atoms with Crippen molar-refractivity contribution in [3.8, 4) is 5.75 Å². The first-order chi connectivity index (χ1) is 10.1. The molecular weight excluding hydrogens is 272 g/mol. The highest BCUT2D eigenvalue weighted by Gasteiger charge is 2.13. The Morgan fingerprint density at radius 2 is 1.52 bits per heavy atom. The van der Waals surface area contributed by atoms with Crippen LogP contribution >= 0.6 is 0 Å². The Morgan fingerprint density at radius 3 is 2.10 bits per heavy atom. The fourth-order valence-corrected chi connectivity index (χ4v) is 1.68. The van der Waals surface area contributed by atoms with Crippen LogP contribution in [0.25, 0.3) is 0 Å². The number of carbonyl (C=O) groups is 2. The highest BCUT2D eigenvalue weighted by Crippen LogP contribution is 2.13. The van der Waals surface area contributed by atoms with E-state index in [1.54, 1.807) is 19.1 Å². The van der Waals surface area contributed by atoms with E-state index in [1.165, 1.54) is 24.3 Å². The molecule has 1 atom stereocenters. The third kappa shape index (κ3) is 4.07. The maximum atomic E-state index is 11.9. The van der Waals surface area contributed by atoms with Gasteiger partial charge < -0.3 is 14.6 Å². The lowest BCUT2D eigenvalue weighted by atomic mass is 10.1. The van der Waals surface area contributed by atoms with Crippen LogP contribution in [0.15, 0.2) is 54.6 Å². The molecule has 21 heavy (non-hydrogen) atoms. The first-order valence-electron chi connectivity index (χ1n) is 6.32. The molecular formula is C16H14O5. The molecule has 0 spiro atoms. The number of benzene rings is 2. The summed E-state index contributed by atoms with van der Waals surface area (Å²) in [6, 6.07) is 14.5.